The van der Waals surface area contributed by atoms with E-state index in [2.05, 4.69) is 13.2 Å². The van der Waals surface area contributed by atoms with E-state index in [1.54, 1.807) is 0 Å². The Morgan fingerprint density at radius 3 is 1.21 bits per heavy atom. The first kappa shape index (κ1) is 22.9. The van der Waals surface area contributed by atoms with E-state index in [1.807, 2.05) is 0 Å². The highest BCUT2D eigenvalue weighted by Gasteiger charge is 1.99. The molecular formula is C8H20N2O4. The molecule has 0 aromatic heterocycles. The highest BCUT2D eigenvalue weighted by Crippen LogP contribution is 1.98. The van der Waals surface area contributed by atoms with Crippen molar-refractivity contribution in [3.8, 4) is 0 Å². The molecule has 0 saturated carbocycles. The predicted molar refractivity (Wildman–Crippen MR) is 55.0 cm³/mol. The summed E-state index contributed by atoms with van der Waals surface area (Å²) in [5, 5.41) is 16.3. The van der Waals surface area contributed by atoms with E-state index < -0.39 is 11.9 Å². The molecule has 86 valence electrons. The third-order valence-electron chi connectivity index (χ3n) is 1.03. The molecule has 6 heteroatoms. The van der Waals surface area contributed by atoms with E-state index in [0.29, 0.717) is 12.8 Å². The van der Waals surface area contributed by atoms with Crippen molar-refractivity contribution in [2.24, 2.45) is 0 Å². The van der Waals surface area contributed by atoms with Gasteiger partial charge in [0.2, 0.25) is 0 Å². The second-order valence-electron chi connectivity index (χ2n) is 1.99. The molecule has 0 amide bonds. The fraction of sp³-hybridized carbons (Fsp3) is 0.500. The van der Waals surface area contributed by atoms with Gasteiger partial charge in [-0.2, -0.15) is 0 Å². The van der Waals surface area contributed by atoms with Crippen LogP contribution in [0.15, 0.2) is 13.2 Å². The van der Waals surface area contributed by atoms with Crippen molar-refractivity contribution in [2.45, 2.75) is 25.7 Å². The summed E-state index contributed by atoms with van der Waals surface area (Å²) in [6, 6.07) is 0. The Morgan fingerprint density at radius 2 is 1.07 bits per heavy atom. The summed E-state index contributed by atoms with van der Waals surface area (Å²) in [5.74, 6) is -1.74. The van der Waals surface area contributed by atoms with Crippen molar-refractivity contribution in [2.75, 3.05) is 0 Å². The van der Waals surface area contributed by atoms with Crippen molar-refractivity contribution in [1.82, 2.24) is 12.3 Å². The maximum absolute atomic E-state index is 9.90. The normalized spacial score (nSPS) is 6.86. The van der Waals surface area contributed by atoms with E-state index >= 15 is 0 Å². The molecule has 0 rings (SSSR count). The third kappa shape index (κ3) is 31.2. The quantitative estimate of drug-likeness (QED) is 0.400. The summed E-state index contributed by atoms with van der Waals surface area (Å²) in [6.07, 6.45) is 1.02. The second kappa shape index (κ2) is 17.6. The molecule has 0 aromatic rings. The first-order chi connectivity index (χ1) is 5.63. The van der Waals surface area contributed by atoms with Gasteiger partial charge in [-0.15, -0.1) is 13.2 Å². The van der Waals surface area contributed by atoms with Gasteiger partial charge in [-0.25, -0.2) is 0 Å². The molecule has 0 aliphatic rings. The number of hydrogen-bond donors (Lipinski definition) is 4. The first-order valence-corrected chi connectivity index (χ1v) is 3.56. The van der Waals surface area contributed by atoms with Crippen LogP contribution in [0.2, 0.25) is 0 Å². The molecule has 0 saturated heterocycles. The van der Waals surface area contributed by atoms with Crippen LogP contribution in [0, 0.1) is 0 Å². The maximum atomic E-state index is 9.90. The lowest BCUT2D eigenvalue weighted by Crippen LogP contribution is -1.97. The lowest BCUT2D eigenvalue weighted by Gasteiger charge is -1.92. The summed E-state index contributed by atoms with van der Waals surface area (Å²) >= 11 is 0. The molecule has 0 atom stereocenters. The van der Waals surface area contributed by atoms with Crippen LogP contribution in [0.25, 0.3) is 0 Å². The predicted octanol–water partition coefficient (Wildman–Crippen LogP) is 1.84. The summed E-state index contributed by atoms with van der Waals surface area (Å²) < 4.78 is 0. The number of aliphatic carboxylic acids is 2. The maximum Gasteiger partial charge on any atom is 0.303 e. The Bertz CT molecular complexity index is 134. The molecule has 0 aliphatic carbocycles. The third-order valence-corrected chi connectivity index (χ3v) is 1.03. The van der Waals surface area contributed by atoms with E-state index in [-0.39, 0.29) is 25.1 Å². The van der Waals surface area contributed by atoms with Crippen LogP contribution in [-0.4, -0.2) is 22.2 Å². The molecule has 0 spiro atoms. The van der Waals surface area contributed by atoms with Gasteiger partial charge in [0, 0.05) is 12.8 Å². The standard InChI is InChI=1S/C6H10O4.C2H4.2H3N/c7-5(8)3-1-2-4-6(9)10;1-2;;/h1-4H2,(H,7,8)(H,9,10);1-2H2;2*1H3. The first-order valence-electron chi connectivity index (χ1n) is 3.56. The van der Waals surface area contributed by atoms with Crippen molar-refractivity contribution in [3.63, 3.8) is 0 Å². The number of hydrogen-bond acceptors (Lipinski definition) is 4. The highest BCUT2D eigenvalue weighted by atomic mass is 16.4. The van der Waals surface area contributed by atoms with Crippen molar-refractivity contribution < 1.29 is 19.8 Å². The van der Waals surface area contributed by atoms with Gasteiger partial charge in [-0.05, 0) is 12.8 Å². The number of carboxylic acids is 2. The smallest absolute Gasteiger partial charge is 0.303 e. The molecule has 0 fully saturated rings. The van der Waals surface area contributed by atoms with Gasteiger partial charge in [0.1, 0.15) is 0 Å². The largest absolute Gasteiger partial charge is 0.481 e. The fourth-order valence-corrected chi connectivity index (χ4v) is 0.552. The van der Waals surface area contributed by atoms with Gasteiger partial charge in [-0.1, -0.05) is 0 Å². The van der Waals surface area contributed by atoms with E-state index in [9.17, 15) is 9.59 Å². The number of unbranched alkanes of at least 4 members (excludes halogenated alkanes) is 1. The SMILES string of the molecule is C=C.N.N.O=C(O)CCCCC(=O)O. The van der Waals surface area contributed by atoms with Crippen LogP contribution in [0.4, 0.5) is 0 Å². The molecular weight excluding hydrogens is 188 g/mol. The minimum Gasteiger partial charge on any atom is -0.481 e. The number of carboxylic acid groups (broad SMARTS) is 2. The summed E-state index contributed by atoms with van der Waals surface area (Å²) in [4.78, 5) is 19.8. The Hall–Kier alpha value is -1.40. The lowest BCUT2D eigenvalue weighted by molar-refractivity contribution is -0.139. The summed E-state index contributed by atoms with van der Waals surface area (Å²) in [6.45, 7) is 6.00. The summed E-state index contributed by atoms with van der Waals surface area (Å²) in [5.41, 5.74) is 0. The molecule has 0 bridgehead atoms. The average Bonchev–Trinajstić information content (AvgIpc) is 2.02. The van der Waals surface area contributed by atoms with Crippen LogP contribution >= 0.6 is 0 Å². The zero-order valence-corrected chi connectivity index (χ0v) is 8.37. The van der Waals surface area contributed by atoms with E-state index in [4.69, 9.17) is 10.2 Å². The van der Waals surface area contributed by atoms with Gasteiger partial charge in [0.05, 0.1) is 0 Å². The van der Waals surface area contributed by atoms with Crippen molar-refractivity contribution in [3.05, 3.63) is 13.2 Å². The zero-order valence-electron chi connectivity index (χ0n) is 8.37. The Labute approximate surface area is 83.8 Å². The molecule has 0 radical (unpaired) electrons. The minimum absolute atomic E-state index is 0. The minimum atomic E-state index is -0.870. The van der Waals surface area contributed by atoms with Crippen LogP contribution in [-0.2, 0) is 9.59 Å². The molecule has 0 heterocycles. The molecule has 8 N–H and O–H groups in total. The van der Waals surface area contributed by atoms with Crippen LogP contribution in [0.1, 0.15) is 25.7 Å². The van der Waals surface area contributed by atoms with Crippen molar-refractivity contribution >= 4 is 11.9 Å². The monoisotopic (exact) mass is 208 g/mol. The average molecular weight is 208 g/mol. The number of carbonyl (C=O) groups is 2. The Morgan fingerprint density at radius 1 is 0.857 bits per heavy atom. The van der Waals surface area contributed by atoms with Gasteiger partial charge in [-0.3, -0.25) is 9.59 Å². The molecule has 0 aliphatic heterocycles. The van der Waals surface area contributed by atoms with Crippen LogP contribution in [0.5, 0.6) is 0 Å². The van der Waals surface area contributed by atoms with Gasteiger partial charge < -0.3 is 22.5 Å². The zero-order chi connectivity index (χ0) is 9.98. The van der Waals surface area contributed by atoms with Crippen LogP contribution < -0.4 is 12.3 Å². The molecule has 6 nitrogen and oxygen atoms in total. The molecule has 0 unspecified atom stereocenters. The highest BCUT2D eigenvalue weighted by molar-refractivity contribution is 5.67. The van der Waals surface area contributed by atoms with E-state index in [1.165, 1.54) is 0 Å². The van der Waals surface area contributed by atoms with Gasteiger partial charge in [0.25, 0.3) is 0 Å². The van der Waals surface area contributed by atoms with Gasteiger partial charge >= 0.3 is 11.9 Å². The van der Waals surface area contributed by atoms with E-state index in [0.717, 1.165) is 0 Å². The molecule has 14 heavy (non-hydrogen) atoms. The molecule has 0 aromatic carbocycles. The second-order valence-corrected chi connectivity index (χ2v) is 1.99. The van der Waals surface area contributed by atoms with Crippen molar-refractivity contribution in [1.29, 1.82) is 0 Å². The fourth-order valence-electron chi connectivity index (χ4n) is 0.552. The van der Waals surface area contributed by atoms with Gasteiger partial charge in [0.15, 0.2) is 0 Å². The Kier molecular flexibility index (Phi) is 28.9. The van der Waals surface area contributed by atoms with Crippen LogP contribution in [0.3, 0.4) is 0 Å². The topological polar surface area (TPSA) is 145 Å². The summed E-state index contributed by atoms with van der Waals surface area (Å²) in [7, 11) is 0. The number of rotatable bonds is 5. The Balaban J connectivity index is -0.000000117. The lowest BCUT2D eigenvalue weighted by atomic mass is 10.2.